The van der Waals surface area contributed by atoms with E-state index in [9.17, 15) is 4.39 Å². The molecule has 1 unspecified atom stereocenters. The van der Waals surface area contributed by atoms with Crippen molar-refractivity contribution in [3.8, 4) is 11.5 Å². The Hall–Kier alpha value is -2.11. The third-order valence-electron chi connectivity index (χ3n) is 4.99. The van der Waals surface area contributed by atoms with Crippen molar-refractivity contribution in [2.24, 2.45) is 0 Å². The SMILES string of the molecule is COc1cc2c(Cl)c3ccccc3nc2cc1OCCCN1CCC(F)C1. The van der Waals surface area contributed by atoms with Gasteiger partial charge < -0.3 is 14.4 Å². The Kier molecular flexibility index (Phi) is 5.32. The quantitative estimate of drug-likeness (QED) is 0.446. The molecule has 1 fully saturated rings. The minimum Gasteiger partial charge on any atom is -0.493 e. The molecule has 142 valence electrons. The first-order valence-electron chi connectivity index (χ1n) is 9.21. The number of alkyl halides is 1. The number of hydrogen-bond acceptors (Lipinski definition) is 4. The van der Waals surface area contributed by atoms with E-state index < -0.39 is 6.17 Å². The smallest absolute Gasteiger partial charge is 0.163 e. The third kappa shape index (κ3) is 3.80. The molecule has 4 rings (SSSR count). The standard InChI is InChI=1S/C21H22ClFN2O2/c1-26-19-11-16-18(24-17-6-3-2-5-15(17)21(16)22)12-20(19)27-10-4-8-25-9-7-14(23)13-25/h2-3,5-6,11-12,14H,4,7-10,13H2,1H3. The number of nitrogens with zero attached hydrogens (tertiary/aromatic N) is 2. The van der Waals surface area contributed by atoms with E-state index in [-0.39, 0.29) is 0 Å². The van der Waals surface area contributed by atoms with Crippen LogP contribution >= 0.6 is 11.6 Å². The van der Waals surface area contributed by atoms with E-state index >= 15 is 0 Å². The van der Waals surface area contributed by atoms with Gasteiger partial charge in [-0.25, -0.2) is 9.37 Å². The van der Waals surface area contributed by atoms with E-state index in [0.29, 0.717) is 36.1 Å². The highest BCUT2D eigenvalue weighted by Gasteiger charge is 2.21. The summed E-state index contributed by atoms with van der Waals surface area (Å²) in [6.07, 6.45) is 0.789. The summed E-state index contributed by atoms with van der Waals surface area (Å²) in [5.41, 5.74) is 1.62. The number of rotatable bonds is 6. The van der Waals surface area contributed by atoms with E-state index in [0.717, 1.165) is 41.3 Å². The number of aromatic nitrogens is 1. The zero-order valence-corrected chi connectivity index (χ0v) is 16.0. The lowest BCUT2D eigenvalue weighted by Crippen LogP contribution is -2.23. The molecule has 3 aromatic rings. The minimum absolute atomic E-state index is 0.536. The van der Waals surface area contributed by atoms with Crippen molar-refractivity contribution in [2.75, 3.05) is 33.4 Å². The highest BCUT2D eigenvalue weighted by molar-refractivity contribution is 6.40. The molecule has 6 heteroatoms. The van der Waals surface area contributed by atoms with Crippen LogP contribution in [-0.4, -0.2) is 49.4 Å². The Morgan fingerprint density at radius 3 is 2.81 bits per heavy atom. The molecule has 0 spiro atoms. The largest absolute Gasteiger partial charge is 0.493 e. The van der Waals surface area contributed by atoms with Gasteiger partial charge in [0.25, 0.3) is 0 Å². The van der Waals surface area contributed by atoms with Gasteiger partial charge in [-0.2, -0.15) is 0 Å². The van der Waals surface area contributed by atoms with Crippen LogP contribution in [0.1, 0.15) is 12.8 Å². The molecule has 2 heterocycles. The van der Waals surface area contributed by atoms with Gasteiger partial charge in [-0.05, 0) is 25.0 Å². The summed E-state index contributed by atoms with van der Waals surface area (Å²) in [4.78, 5) is 6.84. The summed E-state index contributed by atoms with van der Waals surface area (Å²) in [5.74, 6) is 1.28. The monoisotopic (exact) mass is 388 g/mol. The second-order valence-electron chi connectivity index (χ2n) is 6.85. The number of methoxy groups -OCH3 is 1. The summed E-state index contributed by atoms with van der Waals surface area (Å²) in [6.45, 7) is 2.74. The molecule has 1 aliphatic rings. The van der Waals surface area contributed by atoms with Crippen molar-refractivity contribution in [3.63, 3.8) is 0 Å². The predicted molar refractivity (Wildman–Crippen MR) is 107 cm³/mol. The molecule has 27 heavy (non-hydrogen) atoms. The average Bonchev–Trinajstić information content (AvgIpc) is 3.10. The number of likely N-dealkylation sites (tertiary alicyclic amines) is 1. The number of para-hydroxylation sites is 1. The van der Waals surface area contributed by atoms with Gasteiger partial charge in [-0.1, -0.05) is 29.8 Å². The normalized spacial score (nSPS) is 17.7. The Labute approximate surface area is 162 Å². The van der Waals surface area contributed by atoms with E-state index in [2.05, 4.69) is 4.90 Å². The zero-order valence-electron chi connectivity index (χ0n) is 15.3. The number of benzene rings is 2. The van der Waals surface area contributed by atoms with E-state index in [4.69, 9.17) is 26.1 Å². The molecule has 0 saturated carbocycles. The average molecular weight is 389 g/mol. The van der Waals surface area contributed by atoms with Crippen LogP contribution in [0.25, 0.3) is 21.8 Å². The molecule has 0 aliphatic carbocycles. The Balaban J connectivity index is 1.54. The molecule has 1 atom stereocenters. The fourth-order valence-corrected chi connectivity index (χ4v) is 3.89. The Bertz CT molecular complexity index is 966. The molecule has 0 N–H and O–H groups in total. The molecule has 1 saturated heterocycles. The van der Waals surface area contributed by atoms with Crippen molar-refractivity contribution < 1.29 is 13.9 Å². The van der Waals surface area contributed by atoms with Gasteiger partial charge in [-0.3, -0.25) is 0 Å². The van der Waals surface area contributed by atoms with Crippen LogP contribution in [0, 0.1) is 0 Å². The van der Waals surface area contributed by atoms with Crippen LogP contribution in [0.5, 0.6) is 11.5 Å². The summed E-state index contributed by atoms with van der Waals surface area (Å²) >= 11 is 6.59. The lowest BCUT2D eigenvalue weighted by Gasteiger charge is -2.16. The van der Waals surface area contributed by atoms with Gasteiger partial charge in [0.05, 0.1) is 29.8 Å². The number of fused-ring (bicyclic) bond motifs is 2. The van der Waals surface area contributed by atoms with Gasteiger partial charge in [0.2, 0.25) is 0 Å². The molecule has 0 amide bonds. The molecular formula is C21H22ClFN2O2. The number of halogens is 2. The highest BCUT2D eigenvalue weighted by Crippen LogP contribution is 2.37. The second kappa shape index (κ2) is 7.87. The van der Waals surface area contributed by atoms with Gasteiger partial charge in [0.15, 0.2) is 11.5 Å². The molecule has 0 bridgehead atoms. The van der Waals surface area contributed by atoms with E-state index in [1.54, 1.807) is 7.11 Å². The van der Waals surface area contributed by atoms with Crippen LogP contribution in [0.15, 0.2) is 36.4 Å². The van der Waals surface area contributed by atoms with Crippen molar-refractivity contribution in [1.29, 1.82) is 0 Å². The molecular weight excluding hydrogens is 367 g/mol. The van der Waals surface area contributed by atoms with Gasteiger partial charge in [0.1, 0.15) is 6.17 Å². The predicted octanol–water partition coefficient (Wildman–Crippen LogP) is 4.86. The molecule has 2 aromatic carbocycles. The Morgan fingerprint density at radius 1 is 1.19 bits per heavy atom. The summed E-state index contributed by atoms with van der Waals surface area (Å²) in [5, 5.41) is 2.42. The zero-order chi connectivity index (χ0) is 18.8. The fraction of sp³-hybridized carbons (Fsp3) is 0.381. The molecule has 0 radical (unpaired) electrons. The third-order valence-corrected chi connectivity index (χ3v) is 5.40. The van der Waals surface area contributed by atoms with Crippen molar-refractivity contribution in [3.05, 3.63) is 41.4 Å². The summed E-state index contributed by atoms with van der Waals surface area (Å²) in [6, 6.07) is 11.5. The van der Waals surface area contributed by atoms with Crippen LogP contribution in [0.4, 0.5) is 4.39 Å². The number of hydrogen-bond donors (Lipinski definition) is 0. The van der Waals surface area contributed by atoms with Gasteiger partial charge in [-0.15, -0.1) is 0 Å². The molecule has 1 aliphatic heterocycles. The van der Waals surface area contributed by atoms with Crippen molar-refractivity contribution >= 4 is 33.4 Å². The van der Waals surface area contributed by atoms with E-state index in [1.807, 2.05) is 36.4 Å². The first-order chi connectivity index (χ1) is 13.2. The molecule has 1 aromatic heterocycles. The first kappa shape index (κ1) is 18.3. The van der Waals surface area contributed by atoms with Gasteiger partial charge >= 0.3 is 0 Å². The lowest BCUT2D eigenvalue weighted by molar-refractivity contribution is 0.243. The minimum atomic E-state index is -0.683. The number of ether oxygens (including phenoxy) is 2. The first-order valence-corrected chi connectivity index (χ1v) is 9.58. The summed E-state index contributed by atoms with van der Waals surface area (Å²) in [7, 11) is 1.61. The summed E-state index contributed by atoms with van der Waals surface area (Å²) < 4.78 is 24.7. The van der Waals surface area contributed by atoms with Crippen molar-refractivity contribution in [2.45, 2.75) is 19.0 Å². The van der Waals surface area contributed by atoms with Crippen LogP contribution in [0.2, 0.25) is 5.02 Å². The van der Waals surface area contributed by atoms with Crippen LogP contribution in [-0.2, 0) is 0 Å². The highest BCUT2D eigenvalue weighted by atomic mass is 35.5. The van der Waals surface area contributed by atoms with E-state index in [1.165, 1.54) is 0 Å². The van der Waals surface area contributed by atoms with Crippen molar-refractivity contribution in [1.82, 2.24) is 9.88 Å². The maximum atomic E-state index is 13.2. The second-order valence-corrected chi connectivity index (χ2v) is 7.23. The molecule has 4 nitrogen and oxygen atoms in total. The van der Waals surface area contributed by atoms with Crippen LogP contribution in [0.3, 0.4) is 0 Å². The van der Waals surface area contributed by atoms with Gasteiger partial charge in [0, 0.05) is 36.5 Å². The van der Waals surface area contributed by atoms with Crippen LogP contribution < -0.4 is 9.47 Å². The maximum absolute atomic E-state index is 13.2. The maximum Gasteiger partial charge on any atom is 0.163 e. The Morgan fingerprint density at radius 2 is 2.04 bits per heavy atom. The fourth-order valence-electron chi connectivity index (χ4n) is 3.58. The lowest BCUT2D eigenvalue weighted by atomic mass is 10.1. The number of pyridine rings is 1. The topological polar surface area (TPSA) is 34.6 Å².